The van der Waals surface area contributed by atoms with Gasteiger partial charge in [-0.15, -0.1) is 28.3 Å². The first-order valence-electron chi connectivity index (χ1n) is 3.93. The van der Waals surface area contributed by atoms with Crippen LogP contribution in [0.25, 0.3) is 0 Å². The first kappa shape index (κ1) is 10.5. The molecule has 0 aliphatic carbocycles. The monoisotopic (exact) mass is 215 g/mol. The number of thioether (sulfide) groups is 1. The first-order valence-corrected chi connectivity index (χ1v) is 5.52. The Labute approximate surface area is 86.6 Å². The highest BCUT2D eigenvalue weighted by Gasteiger charge is 2.10. The van der Waals surface area contributed by atoms with E-state index in [4.69, 9.17) is 11.6 Å². The van der Waals surface area contributed by atoms with Crippen LogP contribution in [0.15, 0.2) is 35.5 Å². The highest BCUT2D eigenvalue weighted by Crippen LogP contribution is 2.29. The van der Waals surface area contributed by atoms with Gasteiger partial charge in [-0.1, -0.05) is 35.5 Å². The zero-order valence-electron chi connectivity index (χ0n) is 7.02. The molecule has 1 aromatic carbocycles. The van der Waals surface area contributed by atoms with Crippen molar-refractivity contribution in [2.75, 3.05) is 11.6 Å². The van der Waals surface area contributed by atoms with Gasteiger partial charge >= 0.3 is 0 Å². The Morgan fingerprint density at radius 1 is 1.38 bits per heavy atom. The van der Waals surface area contributed by atoms with Crippen LogP contribution in [0.5, 0.6) is 0 Å². The van der Waals surface area contributed by atoms with Crippen molar-refractivity contribution in [3.8, 4) is 0 Å². The van der Waals surface area contributed by atoms with Crippen LogP contribution < -0.4 is 0 Å². The molecule has 1 aromatic rings. The predicted octanol–water partition coefficient (Wildman–Crippen LogP) is 3.42. The highest BCUT2D eigenvalue weighted by atomic mass is 35.5. The maximum atomic E-state index is 10.5. The molecule has 0 heterocycles. The summed E-state index contributed by atoms with van der Waals surface area (Å²) in [5.74, 6) is 1.29. The standard InChI is InChI=1S/C9H10ClNOS/c10-6-7-13-9(11-12)8-4-2-1-3-5-8/h1-5,9H,6-7H2. The summed E-state index contributed by atoms with van der Waals surface area (Å²) in [5.41, 5.74) is 0.938. The van der Waals surface area contributed by atoms with E-state index in [0.717, 1.165) is 11.3 Å². The Morgan fingerprint density at radius 3 is 2.62 bits per heavy atom. The number of hydrogen-bond donors (Lipinski definition) is 0. The molecule has 0 aliphatic rings. The molecular formula is C9H10ClNOS. The van der Waals surface area contributed by atoms with Crippen molar-refractivity contribution in [1.29, 1.82) is 0 Å². The molecule has 0 fully saturated rings. The molecule has 1 rings (SSSR count). The van der Waals surface area contributed by atoms with Crippen LogP contribution in [0.2, 0.25) is 0 Å². The van der Waals surface area contributed by atoms with Crippen molar-refractivity contribution in [3.05, 3.63) is 40.8 Å². The molecule has 13 heavy (non-hydrogen) atoms. The van der Waals surface area contributed by atoms with Gasteiger partial charge in [-0.05, 0) is 5.56 Å². The molecule has 0 aliphatic heterocycles. The van der Waals surface area contributed by atoms with E-state index in [0.29, 0.717) is 5.88 Å². The smallest absolute Gasteiger partial charge is 0.149 e. The summed E-state index contributed by atoms with van der Waals surface area (Å²) in [6.07, 6.45) is 0. The molecule has 0 saturated carbocycles. The van der Waals surface area contributed by atoms with Crippen molar-refractivity contribution in [2.24, 2.45) is 5.18 Å². The van der Waals surface area contributed by atoms with Crippen LogP contribution in [0.4, 0.5) is 0 Å². The van der Waals surface area contributed by atoms with E-state index in [9.17, 15) is 4.91 Å². The molecule has 1 unspecified atom stereocenters. The van der Waals surface area contributed by atoms with E-state index in [2.05, 4.69) is 5.18 Å². The lowest BCUT2D eigenvalue weighted by molar-refractivity contribution is 1.02. The number of benzene rings is 1. The summed E-state index contributed by atoms with van der Waals surface area (Å²) in [4.78, 5) is 10.5. The highest BCUT2D eigenvalue weighted by molar-refractivity contribution is 7.99. The SMILES string of the molecule is O=NC(SCCCl)c1ccccc1. The van der Waals surface area contributed by atoms with Gasteiger partial charge in [0.1, 0.15) is 0 Å². The third kappa shape index (κ3) is 3.36. The quantitative estimate of drug-likeness (QED) is 0.556. The van der Waals surface area contributed by atoms with Gasteiger partial charge in [0, 0.05) is 11.6 Å². The second kappa shape index (κ2) is 6.00. The van der Waals surface area contributed by atoms with Crippen LogP contribution in [0.3, 0.4) is 0 Å². The summed E-state index contributed by atoms with van der Waals surface area (Å²) >= 11 is 6.99. The van der Waals surface area contributed by atoms with Crippen molar-refractivity contribution < 1.29 is 0 Å². The lowest BCUT2D eigenvalue weighted by Crippen LogP contribution is -1.91. The fraction of sp³-hybridized carbons (Fsp3) is 0.333. The number of nitrogens with zero attached hydrogens (tertiary/aromatic N) is 1. The molecule has 0 radical (unpaired) electrons. The average Bonchev–Trinajstić information content (AvgIpc) is 2.21. The molecular weight excluding hydrogens is 206 g/mol. The number of halogens is 1. The van der Waals surface area contributed by atoms with Gasteiger partial charge < -0.3 is 0 Å². The third-order valence-electron chi connectivity index (χ3n) is 1.53. The molecule has 0 N–H and O–H groups in total. The summed E-state index contributed by atoms with van der Waals surface area (Å²) in [6, 6.07) is 9.50. The van der Waals surface area contributed by atoms with Gasteiger partial charge in [-0.3, -0.25) is 0 Å². The average molecular weight is 216 g/mol. The van der Waals surface area contributed by atoms with Gasteiger partial charge in [0.2, 0.25) is 0 Å². The summed E-state index contributed by atoms with van der Waals surface area (Å²) in [7, 11) is 0. The number of rotatable bonds is 5. The second-order valence-corrected chi connectivity index (χ2v) is 3.99. The minimum atomic E-state index is -0.319. The maximum absolute atomic E-state index is 10.5. The van der Waals surface area contributed by atoms with Crippen LogP contribution >= 0.6 is 23.4 Å². The summed E-state index contributed by atoms with van der Waals surface area (Å²) in [6.45, 7) is 0. The Balaban J connectivity index is 2.61. The van der Waals surface area contributed by atoms with Crippen LogP contribution in [-0.4, -0.2) is 11.6 Å². The molecule has 2 nitrogen and oxygen atoms in total. The molecule has 70 valence electrons. The largest absolute Gasteiger partial charge is 0.162 e. The minimum absolute atomic E-state index is 0.319. The molecule has 1 atom stereocenters. The van der Waals surface area contributed by atoms with Crippen molar-refractivity contribution in [3.63, 3.8) is 0 Å². The normalized spacial score (nSPS) is 12.4. The Bertz CT molecular complexity index is 255. The van der Waals surface area contributed by atoms with Crippen LogP contribution in [0.1, 0.15) is 10.9 Å². The summed E-state index contributed by atoms with van der Waals surface area (Å²) < 4.78 is 0. The molecule has 0 aromatic heterocycles. The topological polar surface area (TPSA) is 29.4 Å². The first-order chi connectivity index (χ1) is 6.38. The minimum Gasteiger partial charge on any atom is -0.149 e. The molecule has 4 heteroatoms. The Morgan fingerprint density at radius 2 is 2.08 bits per heavy atom. The predicted molar refractivity (Wildman–Crippen MR) is 58.2 cm³/mol. The lowest BCUT2D eigenvalue weighted by atomic mass is 10.2. The number of alkyl halides is 1. The fourth-order valence-electron chi connectivity index (χ4n) is 0.961. The van der Waals surface area contributed by atoms with Crippen molar-refractivity contribution in [2.45, 2.75) is 5.37 Å². The third-order valence-corrected chi connectivity index (χ3v) is 3.06. The zero-order valence-corrected chi connectivity index (χ0v) is 8.59. The Hall–Kier alpha value is -0.540. The van der Waals surface area contributed by atoms with Crippen LogP contribution in [-0.2, 0) is 0 Å². The lowest BCUT2D eigenvalue weighted by Gasteiger charge is -2.06. The molecule has 0 spiro atoms. The van der Waals surface area contributed by atoms with E-state index in [1.54, 1.807) is 0 Å². The van der Waals surface area contributed by atoms with E-state index in [1.807, 2.05) is 30.3 Å². The van der Waals surface area contributed by atoms with E-state index in [-0.39, 0.29) is 5.37 Å². The van der Waals surface area contributed by atoms with Gasteiger partial charge in [0.25, 0.3) is 0 Å². The van der Waals surface area contributed by atoms with Gasteiger partial charge in [0.15, 0.2) is 5.37 Å². The van der Waals surface area contributed by atoms with E-state index >= 15 is 0 Å². The van der Waals surface area contributed by atoms with E-state index in [1.165, 1.54) is 11.8 Å². The Kier molecular flexibility index (Phi) is 4.86. The zero-order chi connectivity index (χ0) is 9.52. The maximum Gasteiger partial charge on any atom is 0.162 e. The van der Waals surface area contributed by atoms with Crippen LogP contribution in [0, 0.1) is 4.91 Å². The van der Waals surface area contributed by atoms with Gasteiger partial charge in [0.05, 0.1) is 0 Å². The number of hydrogen-bond acceptors (Lipinski definition) is 3. The van der Waals surface area contributed by atoms with E-state index < -0.39 is 0 Å². The van der Waals surface area contributed by atoms with Crippen molar-refractivity contribution in [1.82, 2.24) is 0 Å². The van der Waals surface area contributed by atoms with Gasteiger partial charge in [-0.2, -0.15) is 0 Å². The van der Waals surface area contributed by atoms with Gasteiger partial charge in [-0.25, -0.2) is 0 Å². The fourth-order valence-corrected chi connectivity index (χ4v) is 1.95. The second-order valence-electron chi connectivity index (χ2n) is 2.43. The summed E-state index contributed by atoms with van der Waals surface area (Å²) in [5, 5.41) is 2.73. The van der Waals surface area contributed by atoms with Crippen molar-refractivity contribution >= 4 is 23.4 Å². The number of nitroso groups, excluding NO2 is 1. The molecule has 0 saturated heterocycles. The molecule has 0 amide bonds. The molecule has 0 bridgehead atoms.